The van der Waals surface area contributed by atoms with Gasteiger partial charge in [0.15, 0.2) is 6.10 Å². The van der Waals surface area contributed by atoms with Crippen molar-refractivity contribution in [2.24, 2.45) is 0 Å². The van der Waals surface area contributed by atoms with Crippen molar-refractivity contribution in [2.45, 2.75) is 18.9 Å². The van der Waals surface area contributed by atoms with Crippen LogP contribution in [0.5, 0.6) is 5.75 Å². The van der Waals surface area contributed by atoms with E-state index in [1.54, 1.807) is 31.4 Å². The van der Waals surface area contributed by atoms with Crippen molar-refractivity contribution in [2.75, 3.05) is 13.7 Å². The summed E-state index contributed by atoms with van der Waals surface area (Å²) in [6.07, 6.45) is 2.48. The van der Waals surface area contributed by atoms with E-state index in [4.69, 9.17) is 4.74 Å². The molecule has 5 nitrogen and oxygen atoms in total. The lowest BCUT2D eigenvalue weighted by Gasteiger charge is -2.12. The summed E-state index contributed by atoms with van der Waals surface area (Å²) in [5, 5.41) is 14.2. The maximum absolute atomic E-state index is 12.1. The van der Waals surface area contributed by atoms with Crippen molar-refractivity contribution >= 4 is 16.8 Å². The van der Waals surface area contributed by atoms with Gasteiger partial charge < -0.3 is 20.1 Å². The zero-order valence-electron chi connectivity index (χ0n) is 14.2. The van der Waals surface area contributed by atoms with Crippen LogP contribution in [0.25, 0.3) is 10.9 Å². The molecule has 0 aliphatic carbocycles. The van der Waals surface area contributed by atoms with E-state index in [0.29, 0.717) is 17.9 Å². The molecule has 0 fully saturated rings. The minimum Gasteiger partial charge on any atom is -0.497 e. The van der Waals surface area contributed by atoms with Gasteiger partial charge in [-0.25, -0.2) is 0 Å². The van der Waals surface area contributed by atoms with Gasteiger partial charge >= 0.3 is 0 Å². The monoisotopic (exact) mass is 338 g/mol. The molecule has 3 aromatic rings. The molecule has 0 saturated carbocycles. The number of aliphatic hydroxyl groups is 1. The number of benzene rings is 2. The summed E-state index contributed by atoms with van der Waals surface area (Å²) in [7, 11) is 1.55. The summed E-state index contributed by atoms with van der Waals surface area (Å²) in [6.45, 7) is 0.513. The molecule has 3 N–H and O–H groups in total. The van der Waals surface area contributed by atoms with Crippen LogP contribution in [-0.2, 0) is 11.2 Å². The summed E-state index contributed by atoms with van der Waals surface area (Å²) < 4.78 is 5.11. The number of para-hydroxylation sites is 1. The van der Waals surface area contributed by atoms with Crippen molar-refractivity contribution in [3.05, 3.63) is 65.9 Å². The third kappa shape index (κ3) is 4.00. The lowest BCUT2D eigenvalue weighted by Crippen LogP contribution is -2.30. The molecule has 25 heavy (non-hydrogen) atoms. The highest BCUT2D eigenvalue weighted by atomic mass is 16.5. The van der Waals surface area contributed by atoms with Gasteiger partial charge in [-0.05, 0) is 42.2 Å². The molecule has 0 aliphatic rings. The Morgan fingerprint density at radius 2 is 2.08 bits per heavy atom. The Balaban J connectivity index is 1.50. The number of hydrogen-bond donors (Lipinski definition) is 3. The number of rotatable bonds is 7. The van der Waals surface area contributed by atoms with Crippen molar-refractivity contribution < 1.29 is 14.6 Å². The molecular weight excluding hydrogens is 316 g/mol. The van der Waals surface area contributed by atoms with Crippen LogP contribution in [0.2, 0.25) is 0 Å². The highest BCUT2D eigenvalue weighted by molar-refractivity contribution is 5.83. The van der Waals surface area contributed by atoms with Crippen LogP contribution in [0.4, 0.5) is 0 Å². The van der Waals surface area contributed by atoms with Gasteiger partial charge in [0.1, 0.15) is 5.75 Å². The van der Waals surface area contributed by atoms with Gasteiger partial charge in [-0.15, -0.1) is 0 Å². The second kappa shape index (κ2) is 7.85. The number of aryl methyl sites for hydroxylation is 1. The third-order valence-corrected chi connectivity index (χ3v) is 4.25. The molecule has 1 heterocycles. The van der Waals surface area contributed by atoms with Crippen LogP contribution >= 0.6 is 0 Å². The number of aliphatic hydroxyl groups excluding tert-OH is 1. The van der Waals surface area contributed by atoms with Crippen LogP contribution in [0.15, 0.2) is 54.7 Å². The molecule has 3 rings (SSSR count). The van der Waals surface area contributed by atoms with Gasteiger partial charge in [0.2, 0.25) is 0 Å². The SMILES string of the molecule is COc1cccc(C(O)C(=O)NCCCc2c[nH]c3ccccc23)c1. The molecule has 0 radical (unpaired) electrons. The van der Waals surface area contributed by atoms with E-state index in [1.807, 2.05) is 24.4 Å². The Bertz CT molecular complexity index is 857. The summed E-state index contributed by atoms with van der Waals surface area (Å²) in [5.74, 6) is 0.218. The molecule has 1 atom stereocenters. The van der Waals surface area contributed by atoms with Crippen molar-refractivity contribution in [1.29, 1.82) is 0 Å². The number of hydrogen-bond acceptors (Lipinski definition) is 3. The number of ether oxygens (including phenoxy) is 1. The average molecular weight is 338 g/mol. The third-order valence-electron chi connectivity index (χ3n) is 4.25. The first-order chi connectivity index (χ1) is 12.2. The van der Waals surface area contributed by atoms with E-state index in [2.05, 4.69) is 16.4 Å². The topological polar surface area (TPSA) is 74.3 Å². The Hall–Kier alpha value is -2.79. The van der Waals surface area contributed by atoms with E-state index in [-0.39, 0.29) is 0 Å². The van der Waals surface area contributed by atoms with Gasteiger partial charge in [-0.2, -0.15) is 0 Å². The normalized spacial score (nSPS) is 12.1. The first-order valence-electron chi connectivity index (χ1n) is 8.34. The molecule has 1 unspecified atom stereocenters. The van der Waals surface area contributed by atoms with Crippen LogP contribution < -0.4 is 10.1 Å². The molecule has 1 aromatic heterocycles. The van der Waals surface area contributed by atoms with Gasteiger partial charge in [-0.1, -0.05) is 30.3 Å². The molecule has 5 heteroatoms. The number of methoxy groups -OCH3 is 1. The first kappa shape index (κ1) is 17.0. The lowest BCUT2D eigenvalue weighted by molar-refractivity contribution is -0.129. The molecular formula is C20H22N2O3. The van der Waals surface area contributed by atoms with Crippen LogP contribution in [0, 0.1) is 0 Å². The second-order valence-electron chi connectivity index (χ2n) is 5.93. The fourth-order valence-corrected chi connectivity index (χ4v) is 2.89. The Morgan fingerprint density at radius 3 is 2.92 bits per heavy atom. The molecule has 2 aromatic carbocycles. The minimum absolute atomic E-state index is 0.396. The fourth-order valence-electron chi connectivity index (χ4n) is 2.89. The predicted octanol–water partition coefficient (Wildman–Crippen LogP) is 2.96. The predicted molar refractivity (Wildman–Crippen MR) is 97.6 cm³/mol. The number of H-pyrrole nitrogens is 1. The van der Waals surface area contributed by atoms with Gasteiger partial charge in [-0.3, -0.25) is 4.79 Å². The van der Waals surface area contributed by atoms with Gasteiger partial charge in [0, 0.05) is 23.6 Å². The van der Waals surface area contributed by atoms with Crippen LogP contribution in [0.3, 0.4) is 0 Å². The van der Waals surface area contributed by atoms with E-state index in [1.165, 1.54) is 10.9 Å². The lowest BCUT2D eigenvalue weighted by atomic mass is 10.1. The largest absolute Gasteiger partial charge is 0.497 e. The van der Waals surface area contributed by atoms with E-state index in [9.17, 15) is 9.90 Å². The highest BCUT2D eigenvalue weighted by Gasteiger charge is 2.17. The van der Waals surface area contributed by atoms with E-state index >= 15 is 0 Å². The maximum atomic E-state index is 12.1. The smallest absolute Gasteiger partial charge is 0.253 e. The molecule has 0 saturated heterocycles. The molecule has 0 aliphatic heterocycles. The highest BCUT2D eigenvalue weighted by Crippen LogP contribution is 2.20. The first-order valence-corrected chi connectivity index (χ1v) is 8.34. The van der Waals surface area contributed by atoms with Crippen LogP contribution in [0.1, 0.15) is 23.7 Å². The van der Waals surface area contributed by atoms with Crippen LogP contribution in [-0.4, -0.2) is 29.7 Å². The number of aromatic amines is 1. The summed E-state index contributed by atoms with van der Waals surface area (Å²) in [6, 6.07) is 15.1. The Labute approximate surface area is 146 Å². The summed E-state index contributed by atoms with van der Waals surface area (Å²) in [5.41, 5.74) is 2.88. The number of carbonyl (C=O) groups is 1. The minimum atomic E-state index is -1.19. The number of aromatic nitrogens is 1. The van der Waals surface area contributed by atoms with Crippen molar-refractivity contribution in [1.82, 2.24) is 10.3 Å². The summed E-state index contributed by atoms with van der Waals surface area (Å²) in [4.78, 5) is 15.4. The maximum Gasteiger partial charge on any atom is 0.253 e. The fraction of sp³-hybridized carbons (Fsp3) is 0.250. The van der Waals surface area contributed by atoms with Gasteiger partial charge in [0.25, 0.3) is 5.91 Å². The number of carbonyl (C=O) groups excluding carboxylic acids is 1. The Kier molecular flexibility index (Phi) is 5.36. The molecule has 0 bridgehead atoms. The zero-order valence-corrected chi connectivity index (χ0v) is 14.2. The quantitative estimate of drug-likeness (QED) is 0.580. The molecule has 1 amide bonds. The van der Waals surface area contributed by atoms with Crippen molar-refractivity contribution in [3.8, 4) is 5.75 Å². The standard InChI is InChI=1S/C20H22N2O3/c1-25-16-8-4-6-14(12-16)19(23)20(24)21-11-5-7-15-13-22-18-10-3-2-9-17(15)18/h2-4,6,8-10,12-13,19,22-23H,5,7,11H2,1H3,(H,21,24). The summed E-state index contributed by atoms with van der Waals surface area (Å²) >= 11 is 0. The number of amides is 1. The van der Waals surface area contributed by atoms with E-state index < -0.39 is 12.0 Å². The van der Waals surface area contributed by atoms with Crippen molar-refractivity contribution in [3.63, 3.8) is 0 Å². The van der Waals surface area contributed by atoms with E-state index in [0.717, 1.165) is 18.4 Å². The zero-order chi connectivity index (χ0) is 17.6. The molecule has 0 spiro atoms. The second-order valence-corrected chi connectivity index (χ2v) is 5.93. The molecule has 130 valence electrons. The Morgan fingerprint density at radius 1 is 1.24 bits per heavy atom. The van der Waals surface area contributed by atoms with Gasteiger partial charge in [0.05, 0.1) is 7.11 Å². The average Bonchev–Trinajstić information content (AvgIpc) is 3.07. The number of nitrogens with one attached hydrogen (secondary N) is 2. The number of fused-ring (bicyclic) bond motifs is 1.